The molecule has 0 saturated carbocycles. The van der Waals surface area contributed by atoms with E-state index in [1.54, 1.807) is 11.8 Å². The molecule has 4 aliphatic heterocycles. The van der Waals surface area contributed by atoms with Crippen LogP contribution < -0.4 is 0 Å². The number of likely N-dealkylation sites (tertiary alicyclic amines) is 1. The lowest BCUT2D eigenvalue weighted by atomic mass is 9.74. The van der Waals surface area contributed by atoms with Crippen molar-refractivity contribution in [2.24, 2.45) is 11.8 Å². The second-order valence-corrected chi connectivity index (χ2v) is 10.6. The molecule has 37 heavy (non-hydrogen) atoms. The Morgan fingerprint density at radius 3 is 2.59 bits per heavy atom. The molecule has 0 bridgehead atoms. The molecular formula is C29H36N2O6. The molecule has 0 aromatic heterocycles. The van der Waals surface area contributed by atoms with Crippen molar-refractivity contribution in [2.75, 3.05) is 26.3 Å². The molecule has 2 amide bonds. The highest BCUT2D eigenvalue weighted by Gasteiger charge is 2.75. The Kier molecular flexibility index (Phi) is 6.98. The van der Waals surface area contributed by atoms with E-state index in [1.165, 1.54) is 4.90 Å². The molecule has 4 aliphatic rings. The molecule has 6 atom stereocenters. The molecule has 198 valence electrons. The topological polar surface area (TPSA) is 96.4 Å². The Balaban J connectivity index is 1.67. The number of carbonyl (C=O) groups is 3. The molecule has 1 N–H and O–H groups in total. The number of aliphatic hydroxyl groups is 1. The van der Waals surface area contributed by atoms with Crippen LogP contribution in [0.5, 0.6) is 0 Å². The van der Waals surface area contributed by atoms with E-state index in [2.05, 4.69) is 6.92 Å². The van der Waals surface area contributed by atoms with Crippen LogP contribution in [0.4, 0.5) is 0 Å². The molecule has 1 aromatic carbocycles. The Labute approximate surface area is 217 Å². The smallest absolute Gasteiger partial charge is 0.313 e. The maximum absolute atomic E-state index is 14.4. The summed E-state index contributed by atoms with van der Waals surface area (Å²) in [7, 11) is 0. The fourth-order valence-corrected chi connectivity index (χ4v) is 6.54. The van der Waals surface area contributed by atoms with Gasteiger partial charge in [0.05, 0.1) is 30.8 Å². The van der Waals surface area contributed by atoms with Crippen molar-refractivity contribution in [3.05, 3.63) is 60.2 Å². The maximum Gasteiger partial charge on any atom is 0.313 e. The van der Waals surface area contributed by atoms with E-state index < -0.39 is 41.1 Å². The first-order chi connectivity index (χ1) is 17.9. The molecule has 8 heteroatoms. The number of aliphatic hydroxyl groups excluding tert-OH is 1. The van der Waals surface area contributed by atoms with Crippen molar-refractivity contribution in [2.45, 2.75) is 62.8 Å². The second kappa shape index (κ2) is 10.1. The normalized spacial score (nSPS) is 35.0. The van der Waals surface area contributed by atoms with Crippen molar-refractivity contribution in [1.82, 2.24) is 9.80 Å². The fourth-order valence-electron chi connectivity index (χ4n) is 6.54. The monoisotopic (exact) mass is 508 g/mol. The van der Waals surface area contributed by atoms with Crippen molar-refractivity contribution < 1.29 is 29.0 Å². The van der Waals surface area contributed by atoms with Crippen molar-refractivity contribution in [3.8, 4) is 0 Å². The number of esters is 1. The van der Waals surface area contributed by atoms with Gasteiger partial charge in [-0.3, -0.25) is 14.4 Å². The third-order valence-electron chi connectivity index (χ3n) is 8.25. The van der Waals surface area contributed by atoms with Crippen molar-refractivity contribution in [3.63, 3.8) is 0 Å². The van der Waals surface area contributed by atoms with Crippen molar-refractivity contribution >= 4 is 17.8 Å². The van der Waals surface area contributed by atoms with Gasteiger partial charge in [0.2, 0.25) is 11.8 Å². The SMILES string of the molecule is CCCCN1CC=C[C@]23O[C@@]4(C)/C=C\CCCOC(=O)[C@H]4[C@H]2C(=O)N([C@H](CO)c2ccccc2)C3C1=O. The van der Waals surface area contributed by atoms with E-state index in [-0.39, 0.29) is 25.0 Å². The lowest BCUT2D eigenvalue weighted by molar-refractivity contribution is -0.161. The average molecular weight is 509 g/mol. The zero-order valence-corrected chi connectivity index (χ0v) is 21.5. The molecule has 5 rings (SSSR count). The molecule has 2 fully saturated rings. The van der Waals surface area contributed by atoms with Gasteiger partial charge >= 0.3 is 5.97 Å². The first kappa shape index (κ1) is 25.7. The van der Waals surface area contributed by atoms with Gasteiger partial charge in [0.1, 0.15) is 17.6 Å². The van der Waals surface area contributed by atoms with Gasteiger partial charge in [-0.25, -0.2) is 0 Å². The van der Waals surface area contributed by atoms with Crippen LogP contribution in [0, 0.1) is 11.8 Å². The number of nitrogens with zero attached hydrogens (tertiary/aromatic N) is 2. The van der Waals surface area contributed by atoms with Crippen LogP contribution in [0.1, 0.15) is 51.1 Å². The number of carbonyl (C=O) groups excluding carboxylic acids is 3. The highest BCUT2D eigenvalue weighted by atomic mass is 16.6. The summed E-state index contributed by atoms with van der Waals surface area (Å²) in [6, 6.07) is 7.43. The zero-order valence-electron chi connectivity index (χ0n) is 21.5. The number of rotatable bonds is 6. The van der Waals surface area contributed by atoms with Gasteiger partial charge in [0.25, 0.3) is 0 Å². The number of hydrogen-bond acceptors (Lipinski definition) is 6. The van der Waals surface area contributed by atoms with Gasteiger partial charge < -0.3 is 24.4 Å². The number of benzene rings is 1. The van der Waals surface area contributed by atoms with Gasteiger partial charge in [-0.1, -0.05) is 68.0 Å². The second-order valence-electron chi connectivity index (χ2n) is 10.6. The first-order valence-electron chi connectivity index (χ1n) is 13.4. The maximum atomic E-state index is 14.4. The number of allylic oxidation sites excluding steroid dienone is 1. The molecule has 0 radical (unpaired) electrons. The largest absolute Gasteiger partial charge is 0.465 e. The summed E-state index contributed by atoms with van der Waals surface area (Å²) in [6.45, 7) is 4.72. The van der Waals surface area contributed by atoms with Gasteiger partial charge in [0, 0.05) is 13.1 Å². The van der Waals surface area contributed by atoms with E-state index in [4.69, 9.17) is 9.47 Å². The van der Waals surface area contributed by atoms with Crippen molar-refractivity contribution in [1.29, 1.82) is 0 Å². The number of amides is 2. The molecule has 2 saturated heterocycles. The first-order valence-corrected chi connectivity index (χ1v) is 13.4. The third-order valence-corrected chi connectivity index (χ3v) is 8.25. The van der Waals surface area contributed by atoms with Crippen LogP contribution in [0.25, 0.3) is 0 Å². The molecule has 1 spiro atoms. The van der Waals surface area contributed by atoms with E-state index in [0.29, 0.717) is 25.1 Å². The van der Waals surface area contributed by atoms with Gasteiger partial charge in [-0.2, -0.15) is 0 Å². The Hall–Kier alpha value is -2.97. The number of fused-ring (bicyclic) bond motifs is 2. The third kappa shape index (κ3) is 4.10. The number of ether oxygens (including phenoxy) is 2. The minimum Gasteiger partial charge on any atom is -0.465 e. The molecular weight excluding hydrogens is 472 g/mol. The quantitative estimate of drug-likeness (QED) is 0.469. The molecule has 8 nitrogen and oxygen atoms in total. The zero-order chi connectivity index (χ0) is 26.2. The summed E-state index contributed by atoms with van der Waals surface area (Å²) in [6.07, 6.45) is 10.7. The van der Waals surface area contributed by atoms with Crippen LogP contribution >= 0.6 is 0 Å². The average Bonchev–Trinajstić information content (AvgIpc) is 3.24. The van der Waals surface area contributed by atoms with Gasteiger partial charge in [-0.05, 0) is 31.7 Å². The Bertz CT molecular complexity index is 1100. The Morgan fingerprint density at radius 1 is 1.08 bits per heavy atom. The summed E-state index contributed by atoms with van der Waals surface area (Å²) >= 11 is 0. The van der Waals surface area contributed by atoms with Gasteiger partial charge in [0.15, 0.2) is 0 Å². The lowest BCUT2D eigenvalue weighted by Crippen LogP contribution is -2.57. The van der Waals surface area contributed by atoms with Gasteiger partial charge in [-0.15, -0.1) is 0 Å². The van der Waals surface area contributed by atoms with Crippen LogP contribution in [0.15, 0.2) is 54.6 Å². The summed E-state index contributed by atoms with van der Waals surface area (Å²) in [4.78, 5) is 45.4. The standard InChI is InChI=1S/C29H36N2O6/c1-3-4-16-30-17-11-15-29-22(23-27(35)36-18-10-6-9-14-28(23,2)37-29)25(33)31(24(29)26(30)34)21(19-32)20-12-7-5-8-13-20/h5,7-9,11-15,21-24,32H,3-4,6,10,16-19H2,1-2H3/b14-9-/t21-,22+,23-,24?,28+,29+/m1/s1. The van der Waals surface area contributed by atoms with Crippen LogP contribution in [-0.4, -0.2) is 76.2 Å². The van der Waals surface area contributed by atoms with Crippen LogP contribution in [0.2, 0.25) is 0 Å². The molecule has 0 aliphatic carbocycles. The highest BCUT2D eigenvalue weighted by molar-refractivity contribution is 5.99. The highest BCUT2D eigenvalue weighted by Crippen LogP contribution is 2.58. The van der Waals surface area contributed by atoms with E-state index in [9.17, 15) is 19.5 Å². The summed E-state index contributed by atoms with van der Waals surface area (Å²) in [5.41, 5.74) is -1.76. The Morgan fingerprint density at radius 2 is 1.86 bits per heavy atom. The minimum atomic E-state index is -1.36. The van der Waals surface area contributed by atoms with Crippen LogP contribution in [0.3, 0.4) is 0 Å². The molecule has 1 unspecified atom stereocenters. The summed E-state index contributed by atoms with van der Waals surface area (Å²) in [5.74, 6) is -2.96. The van der Waals surface area contributed by atoms with E-state index in [0.717, 1.165) is 19.3 Å². The molecule has 4 heterocycles. The van der Waals surface area contributed by atoms with Crippen LogP contribution in [-0.2, 0) is 23.9 Å². The summed E-state index contributed by atoms with van der Waals surface area (Å²) < 4.78 is 12.4. The minimum absolute atomic E-state index is 0.226. The molecule has 1 aromatic rings. The number of unbranched alkanes of at least 4 members (excludes halogenated alkanes) is 1. The number of cyclic esters (lactones) is 1. The number of hydrogen-bond donors (Lipinski definition) is 1. The van der Waals surface area contributed by atoms with E-state index >= 15 is 0 Å². The predicted octanol–water partition coefficient (Wildman–Crippen LogP) is 2.78. The van der Waals surface area contributed by atoms with E-state index in [1.807, 2.05) is 54.6 Å². The predicted molar refractivity (Wildman–Crippen MR) is 136 cm³/mol. The fraction of sp³-hybridized carbons (Fsp3) is 0.552. The lowest BCUT2D eigenvalue weighted by Gasteiger charge is -2.40. The summed E-state index contributed by atoms with van der Waals surface area (Å²) in [5, 5.41) is 10.5.